The maximum absolute atomic E-state index is 12.5. The van der Waals surface area contributed by atoms with Crippen molar-refractivity contribution in [3.63, 3.8) is 0 Å². The summed E-state index contributed by atoms with van der Waals surface area (Å²) in [5.74, 6) is 0. The van der Waals surface area contributed by atoms with E-state index < -0.39 is 4.92 Å². The fourth-order valence-corrected chi connectivity index (χ4v) is 2.59. The Bertz CT molecular complexity index is 937. The van der Waals surface area contributed by atoms with Crippen LogP contribution in [0.25, 0.3) is 10.9 Å². The Morgan fingerprint density at radius 3 is 2.73 bits per heavy atom. The molecular formula is C15H10BrN3O3. The molecule has 0 aliphatic rings. The first-order valence-electron chi connectivity index (χ1n) is 6.43. The van der Waals surface area contributed by atoms with Crippen molar-refractivity contribution >= 4 is 32.5 Å². The van der Waals surface area contributed by atoms with E-state index in [0.29, 0.717) is 17.4 Å². The van der Waals surface area contributed by atoms with Gasteiger partial charge in [-0.25, -0.2) is 4.98 Å². The Labute approximate surface area is 133 Å². The third kappa shape index (κ3) is 2.62. The molecule has 1 heterocycles. The number of nitro groups is 1. The lowest BCUT2D eigenvalue weighted by molar-refractivity contribution is -0.384. The first-order valence-corrected chi connectivity index (χ1v) is 7.22. The van der Waals surface area contributed by atoms with E-state index in [4.69, 9.17) is 0 Å². The van der Waals surface area contributed by atoms with Crippen LogP contribution in [-0.4, -0.2) is 14.5 Å². The number of halogens is 1. The second-order valence-electron chi connectivity index (χ2n) is 4.73. The maximum Gasteiger partial charge on any atom is 0.271 e. The third-order valence-electron chi connectivity index (χ3n) is 3.32. The van der Waals surface area contributed by atoms with Gasteiger partial charge in [0.1, 0.15) is 0 Å². The van der Waals surface area contributed by atoms with Crippen LogP contribution in [-0.2, 0) is 6.54 Å². The van der Waals surface area contributed by atoms with Gasteiger partial charge in [-0.1, -0.05) is 34.1 Å². The number of nitrogens with zero attached hydrogens (tertiary/aromatic N) is 3. The van der Waals surface area contributed by atoms with Crippen LogP contribution in [0.3, 0.4) is 0 Å². The number of non-ortho nitro benzene ring substituents is 1. The number of hydrogen-bond acceptors (Lipinski definition) is 4. The number of benzene rings is 2. The van der Waals surface area contributed by atoms with Crippen LogP contribution in [0.5, 0.6) is 0 Å². The van der Waals surface area contributed by atoms with Crippen LogP contribution in [0.4, 0.5) is 5.69 Å². The Morgan fingerprint density at radius 2 is 2.00 bits per heavy atom. The standard InChI is InChI=1S/C15H10BrN3O3/c16-13-4-2-1-3-10(13)8-18-9-17-14-7-11(19(21)22)5-6-12(14)15(18)20/h1-7,9H,8H2. The molecule has 0 bridgehead atoms. The second-order valence-corrected chi connectivity index (χ2v) is 5.58. The molecule has 1 aromatic heterocycles. The topological polar surface area (TPSA) is 78.0 Å². The summed E-state index contributed by atoms with van der Waals surface area (Å²) in [4.78, 5) is 26.9. The Hall–Kier alpha value is -2.54. The summed E-state index contributed by atoms with van der Waals surface area (Å²) in [6.07, 6.45) is 1.41. The average Bonchev–Trinajstić information content (AvgIpc) is 2.51. The SMILES string of the molecule is O=c1c2ccc([N+](=O)[O-])cc2ncn1Cc1ccccc1Br. The number of nitro benzene ring substituents is 1. The van der Waals surface area contributed by atoms with Crippen LogP contribution in [0.1, 0.15) is 5.56 Å². The molecule has 110 valence electrons. The van der Waals surface area contributed by atoms with Crippen LogP contribution in [0, 0.1) is 10.1 Å². The predicted molar refractivity (Wildman–Crippen MR) is 85.9 cm³/mol. The summed E-state index contributed by atoms with van der Waals surface area (Å²) >= 11 is 3.44. The van der Waals surface area contributed by atoms with E-state index in [1.807, 2.05) is 24.3 Å². The van der Waals surface area contributed by atoms with Crippen molar-refractivity contribution in [2.45, 2.75) is 6.54 Å². The van der Waals surface area contributed by atoms with Gasteiger partial charge in [-0.05, 0) is 17.7 Å². The van der Waals surface area contributed by atoms with Gasteiger partial charge >= 0.3 is 0 Å². The van der Waals surface area contributed by atoms with Gasteiger partial charge in [-0.3, -0.25) is 19.5 Å². The largest absolute Gasteiger partial charge is 0.294 e. The van der Waals surface area contributed by atoms with Gasteiger partial charge < -0.3 is 0 Å². The molecular weight excluding hydrogens is 350 g/mol. The zero-order valence-electron chi connectivity index (χ0n) is 11.3. The Morgan fingerprint density at radius 1 is 1.23 bits per heavy atom. The highest BCUT2D eigenvalue weighted by Gasteiger charge is 2.11. The van der Waals surface area contributed by atoms with Crippen molar-refractivity contribution in [2.24, 2.45) is 0 Å². The second kappa shape index (κ2) is 5.69. The summed E-state index contributed by atoms with van der Waals surface area (Å²) < 4.78 is 2.39. The zero-order chi connectivity index (χ0) is 15.7. The van der Waals surface area contributed by atoms with E-state index in [1.165, 1.54) is 29.1 Å². The average molecular weight is 360 g/mol. The molecule has 2 aromatic carbocycles. The molecule has 3 aromatic rings. The summed E-state index contributed by atoms with van der Waals surface area (Å²) in [6.45, 7) is 0.375. The highest BCUT2D eigenvalue weighted by atomic mass is 79.9. The predicted octanol–water partition coefficient (Wildman–Crippen LogP) is 3.12. The first-order chi connectivity index (χ1) is 10.6. The van der Waals surface area contributed by atoms with Crippen LogP contribution >= 0.6 is 15.9 Å². The molecule has 0 unspecified atom stereocenters. The summed E-state index contributed by atoms with van der Waals surface area (Å²) in [5.41, 5.74) is 0.967. The van der Waals surface area contributed by atoms with Gasteiger partial charge in [0.2, 0.25) is 0 Å². The fourth-order valence-electron chi connectivity index (χ4n) is 2.18. The first kappa shape index (κ1) is 14.4. The molecule has 0 N–H and O–H groups in total. The lowest BCUT2D eigenvalue weighted by Crippen LogP contribution is -2.21. The third-order valence-corrected chi connectivity index (χ3v) is 4.09. The number of fused-ring (bicyclic) bond motifs is 1. The molecule has 0 aliphatic carbocycles. The van der Waals surface area contributed by atoms with Crippen LogP contribution in [0.2, 0.25) is 0 Å². The van der Waals surface area contributed by atoms with Crippen LogP contribution in [0.15, 0.2) is 58.1 Å². The van der Waals surface area contributed by atoms with Gasteiger partial charge in [-0.2, -0.15) is 0 Å². The normalized spacial score (nSPS) is 10.8. The molecule has 0 radical (unpaired) electrons. The highest BCUT2D eigenvalue weighted by molar-refractivity contribution is 9.10. The molecule has 0 fully saturated rings. The maximum atomic E-state index is 12.5. The van der Waals surface area contributed by atoms with Crippen molar-refractivity contribution < 1.29 is 4.92 Å². The summed E-state index contributed by atoms with van der Waals surface area (Å²) in [6, 6.07) is 11.7. The molecule has 3 rings (SSSR count). The van der Waals surface area contributed by atoms with Crippen molar-refractivity contribution in [1.82, 2.24) is 9.55 Å². The number of rotatable bonds is 3. The summed E-state index contributed by atoms with van der Waals surface area (Å²) in [7, 11) is 0. The van der Waals surface area contributed by atoms with Crippen molar-refractivity contribution in [3.8, 4) is 0 Å². The highest BCUT2D eigenvalue weighted by Crippen LogP contribution is 2.18. The summed E-state index contributed by atoms with van der Waals surface area (Å²) in [5, 5.41) is 11.1. The lowest BCUT2D eigenvalue weighted by atomic mass is 10.2. The van der Waals surface area contributed by atoms with Crippen molar-refractivity contribution in [3.05, 3.63) is 79.3 Å². The molecule has 6 nitrogen and oxygen atoms in total. The Kier molecular flexibility index (Phi) is 3.72. The van der Waals surface area contributed by atoms with Crippen molar-refractivity contribution in [2.75, 3.05) is 0 Å². The lowest BCUT2D eigenvalue weighted by Gasteiger charge is -2.08. The molecule has 0 aliphatic heterocycles. The van der Waals surface area contributed by atoms with E-state index in [-0.39, 0.29) is 11.2 Å². The van der Waals surface area contributed by atoms with Gasteiger partial charge in [0.25, 0.3) is 11.2 Å². The quantitative estimate of drug-likeness (QED) is 0.531. The molecule has 0 saturated heterocycles. The van der Waals surface area contributed by atoms with E-state index >= 15 is 0 Å². The molecule has 0 spiro atoms. The zero-order valence-corrected chi connectivity index (χ0v) is 12.9. The monoisotopic (exact) mass is 359 g/mol. The molecule has 7 heteroatoms. The molecule has 0 atom stereocenters. The fraction of sp³-hybridized carbons (Fsp3) is 0.0667. The smallest absolute Gasteiger partial charge is 0.271 e. The molecule has 0 amide bonds. The van der Waals surface area contributed by atoms with E-state index in [2.05, 4.69) is 20.9 Å². The minimum absolute atomic E-state index is 0.0806. The van der Waals surface area contributed by atoms with E-state index in [0.717, 1.165) is 10.0 Å². The number of hydrogen-bond donors (Lipinski definition) is 0. The van der Waals surface area contributed by atoms with Gasteiger partial charge in [-0.15, -0.1) is 0 Å². The van der Waals surface area contributed by atoms with Crippen molar-refractivity contribution in [1.29, 1.82) is 0 Å². The van der Waals surface area contributed by atoms with E-state index in [9.17, 15) is 14.9 Å². The minimum atomic E-state index is -0.506. The van der Waals surface area contributed by atoms with Gasteiger partial charge in [0.15, 0.2) is 0 Å². The Balaban J connectivity index is 2.07. The van der Waals surface area contributed by atoms with Gasteiger partial charge in [0, 0.05) is 16.6 Å². The molecule has 22 heavy (non-hydrogen) atoms. The minimum Gasteiger partial charge on any atom is -0.294 e. The number of aromatic nitrogens is 2. The van der Waals surface area contributed by atoms with E-state index in [1.54, 1.807) is 0 Å². The molecule has 0 saturated carbocycles. The van der Waals surface area contributed by atoms with Gasteiger partial charge in [0.05, 0.1) is 28.7 Å². The van der Waals surface area contributed by atoms with Crippen LogP contribution < -0.4 is 5.56 Å².